The third kappa shape index (κ3) is 7.91. The number of aryl methyl sites for hydroxylation is 2. The first-order valence-corrected chi connectivity index (χ1v) is 13.5. The molecule has 0 spiro atoms. The molecule has 0 heterocycles. The van der Waals surface area contributed by atoms with Crippen molar-refractivity contribution in [2.75, 3.05) is 42.7 Å². The van der Waals surface area contributed by atoms with Gasteiger partial charge in [0, 0.05) is 23.6 Å². The Kier molecular flexibility index (Phi) is 11.8. The molecule has 0 saturated heterocycles. The number of methoxy groups -OCH3 is 6. The Balaban J connectivity index is 0.000000240. The molecule has 44 heavy (non-hydrogen) atoms. The highest BCUT2D eigenvalue weighted by Crippen LogP contribution is 2.42. The van der Waals surface area contributed by atoms with Gasteiger partial charge in [-0.25, -0.2) is 0 Å². The number of hydrogen-bond donors (Lipinski definition) is 2. The lowest BCUT2D eigenvalue weighted by atomic mass is 10.1. The van der Waals surface area contributed by atoms with Crippen LogP contribution in [0, 0.1) is 13.8 Å². The minimum absolute atomic E-state index is 0.207. The molecule has 4 aromatic rings. The van der Waals surface area contributed by atoms with E-state index in [1.807, 2.05) is 26.0 Å². The fourth-order valence-electron chi connectivity index (χ4n) is 4.28. The summed E-state index contributed by atoms with van der Waals surface area (Å²) in [6.45, 7) is 3.89. The van der Waals surface area contributed by atoms with E-state index in [9.17, 15) is 10.2 Å². The summed E-state index contributed by atoms with van der Waals surface area (Å²) in [6, 6.07) is 17.0. The van der Waals surface area contributed by atoms with Crippen molar-refractivity contribution < 1.29 is 38.6 Å². The Bertz CT molecular complexity index is 1480. The van der Waals surface area contributed by atoms with Gasteiger partial charge in [0.2, 0.25) is 11.5 Å². The Morgan fingerprint density at radius 2 is 0.795 bits per heavy atom. The van der Waals surface area contributed by atoms with Gasteiger partial charge in [-0.05, 0) is 85.6 Å². The normalized spacial score (nSPS) is 10.7. The lowest BCUT2D eigenvalue weighted by Crippen LogP contribution is -2.01. The van der Waals surface area contributed by atoms with Crippen LogP contribution in [0.15, 0.2) is 70.6 Å². The average molecular weight is 603 g/mol. The first kappa shape index (κ1) is 33.1. The second kappa shape index (κ2) is 15.7. The summed E-state index contributed by atoms with van der Waals surface area (Å²) in [4.78, 5) is 8.81. The number of hydrogen-bond acceptors (Lipinski definition) is 10. The molecule has 232 valence electrons. The van der Waals surface area contributed by atoms with Crippen molar-refractivity contribution in [2.24, 2.45) is 9.98 Å². The number of ether oxygens (including phenoxy) is 6. The van der Waals surface area contributed by atoms with E-state index in [1.54, 1.807) is 104 Å². The minimum Gasteiger partial charge on any atom is -0.508 e. The molecule has 10 heteroatoms. The van der Waals surface area contributed by atoms with Gasteiger partial charge in [-0.15, -0.1) is 0 Å². The van der Waals surface area contributed by atoms with E-state index in [1.165, 1.54) is 0 Å². The molecule has 0 atom stereocenters. The van der Waals surface area contributed by atoms with Gasteiger partial charge in [0.1, 0.15) is 11.5 Å². The van der Waals surface area contributed by atoms with E-state index in [-0.39, 0.29) is 11.5 Å². The lowest BCUT2D eigenvalue weighted by molar-refractivity contribution is 0.323. The highest BCUT2D eigenvalue weighted by Gasteiger charge is 2.18. The molecule has 0 aliphatic carbocycles. The molecule has 0 unspecified atom stereocenters. The van der Waals surface area contributed by atoms with Crippen molar-refractivity contribution >= 4 is 23.8 Å². The highest BCUT2D eigenvalue weighted by atomic mass is 16.5. The second-order valence-corrected chi connectivity index (χ2v) is 9.30. The van der Waals surface area contributed by atoms with Crippen LogP contribution in [0.3, 0.4) is 0 Å². The quantitative estimate of drug-likeness (QED) is 0.187. The molecule has 0 radical (unpaired) electrons. The van der Waals surface area contributed by atoms with Gasteiger partial charge >= 0.3 is 0 Å². The molecule has 0 aliphatic rings. The maximum absolute atomic E-state index is 9.29. The average Bonchev–Trinajstić information content (AvgIpc) is 3.04. The van der Waals surface area contributed by atoms with E-state index in [2.05, 4.69) is 9.98 Å². The van der Waals surface area contributed by atoms with Gasteiger partial charge in [-0.2, -0.15) is 0 Å². The largest absolute Gasteiger partial charge is 0.508 e. The Labute approximate surface area is 257 Å². The fourth-order valence-corrected chi connectivity index (χ4v) is 4.28. The molecule has 0 saturated carbocycles. The summed E-state index contributed by atoms with van der Waals surface area (Å²) >= 11 is 0. The van der Waals surface area contributed by atoms with E-state index < -0.39 is 0 Å². The molecule has 4 rings (SSSR count). The van der Waals surface area contributed by atoms with Crippen LogP contribution >= 0.6 is 0 Å². The van der Waals surface area contributed by atoms with Crippen molar-refractivity contribution in [1.82, 2.24) is 0 Å². The second-order valence-electron chi connectivity index (χ2n) is 9.30. The summed E-state index contributed by atoms with van der Waals surface area (Å²) in [5.41, 5.74) is 5.00. The number of aliphatic imine (C=N–C) groups is 2. The molecule has 2 N–H and O–H groups in total. The molecule has 0 amide bonds. The first-order chi connectivity index (χ1) is 21.2. The zero-order valence-electron chi connectivity index (χ0n) is 26.2. The maximum Gasteiger partial charge on any atom is 0.203 e. The van der Waals surface area contributed by atoms with Gasteiger partial charge in [-0.1, -0.05) is 0 Å². The van der Waals surface area contributed by atoms with Crippen molar-refractivity contribution in [2.45, 2.75) is 13.8 Å². The topological polar surface area (TPSA) is 121 Å². The van der Waals surface area contributed by atoms with Crippen LogP contribution in [0.5, 0.6) is 46.0 Å². The number of rotatable bonds is 10. The summed E-state index contributed by atoms with van der Waals surface area (Å²) in [5, 5.41) is 18.6. The molecule has 0 aliphatic heterocycles. The van der Waals surface area contributed by atoms with E-state index in [0.29, 0.717) is 34.5 Å². The number of benzene rings is 4. The molecular weight excluding hydrogens is 564 g/mol. The number of aromatic hydroxyl groups is 2. The maximum atomic E-state index is 9.29. The first-order valence-electron chi connectivity index (χ1n) is 13.5. The van der Waals surface area contributed by atoms with Crippen LogP contribution < -0.4 is 28.4 Å². The molecule has 4 aromatic carbocycles. The van der Waals surface area contributed by atoms with Gasteiger partial charge in [0.25, 0.3) is 0 Å². The predicted octanol–water partition coefficient (Wildman–Crippen LogP) is 6.95. The van der Waals surface area contributed by atoms with Gasteiger partial charge in [0.05, 0.1) is 54.0 Å². The van der Waals surface area contributed by atoms with Crippen LogP contribution in [0.1, 0.15) is 22.3 Å². The fraction of sp³-hybridized carbons (Fsp3) is 0.235. The third-order valence-electron chi connectivity index (χ3n) is 6.54. The van der Waals surface area contributed by atoms with Gasteiger partial charge < -0.3 is 38.6 Å². The van der Waals surface area contributed by atoms with Crippen molar-refractivity contribution in [3.05, 3.63) is 82.9 Å². The number of phenols is 2. The summed E-state index contributed by atoms with van der Waals surface area (Å²) < 4.78 is 32.3. The van der Waals surface area contributed by atoms with Gasteiger partial charge in [0.15, 0.2) is 23.0 Å². The number of phenolic OH excluding ortho intramolecular Hbond substituents is 2. The minimum atomic E-state index is 0.207. The number of nitrogens with zero attached hydrogens (tertiary/aromatic N) is 2. The summed E-state index contributed by atoms with van der Waals surface area (Å²) in [7, 11) is 9.46. The molecule has 0 aromatic heterocycles. The third-order valence-corrected chi connectivity index (χ3v) is 6.54. The van der Waals surface area contributed by atoms with E-state index in [0.717, 1.165) is 33.6 Å². The van der Waals surface area contributed by atoms with Crippen LogP contribution in [-0.4, -0.2) is 65.3 Å². The summed E-state index contributed by atoms with van der Waals surface area (Å²) in [5.74, 6) is 3.84. The monoisotopic (exact) mass is 602 g/mol. The van der Waals surface area contributed by atoms with Crippen molar-refractivity contribution in [1.29, 1.82) is 0 Å². The predicted molar refractivity (Wildman–Crippen MR) is 172 cm³/mol. The zero-order valence-corrected chi connectivity index (χ0v) is 26.2. The molecular formula is C34H38N2O8. The van der Waals surface area contributed by atoms with E-state index in [4.69, 9.17) is 28.4 Å². The van der Waals surface area contributed by atoms with Crippen LogP contribution in [-0.2, 0) is 0 Å². The van der Waals surface area contributed by atoms with Crippen LogP contribution in [0.25, 0.3) is 0 Å². The Hall–Kier alpha value is -5.38. The smallest absolute Gasteiger partial charge is 0.203 e. The van der Waals surface area contributed by atoms with Crippen LogP contribution in [0.2, 0.25) is 0 Å². The Morgan fingerprint density at radius 1 is 0.477 bits per heavy atom. The highest BCUT2D eigenvalue weighted by molar-refractivity contribution is 5.90. The standard InChI is InChI=1S/2C17H19NO4/c2*1-11-9-15(20-2)17(22-4)16(21-3)14(11)10-18-12-5-7-13(19)8-6-12/h2*5-10,19H,1-4H3. The van der Waals surface area contributed by atoms with Crippen LogP contribution in [0.4, 0.5) is 11.4 Å². The van der Waals surface area contributed by atoms with E-state index >= 15 is 0 Å². The Morgan fingerprint density at radius 3 is 1.07 bits per heavy atom. The van der Waals surface area contributed by atoms with Crippen molar-refractivity contribution in [3.8, 4) is 46.0 Å². The molecule has 10 nitrogen and oxygen atoms in total. The lowest BCUT2D eigenvalue weighted by Gasteiger charge is -2.16. The SMILES string of the molecule is COc1cc(C)c(C=Nc2ccc(O)cc2)c(OC)c1OC.COc1cc(C)c(C=Nc2ccc(O)cc2)c(OC)c1OC. The molecule has 0 bridgehead atoms. The molecule has 0 fully saturated rings. The van der Waals surface area contributed by atoms with Gasteiger partial charge in [-0.3, -0.25) is 9.98 Å². The zero-order chi connectivity index (χ0) is 32.2. The van der Waals surface area contributed by atoms with Crippen molar-refractivity contribution in [3.63, 3.8) is 0 Å². The summed E-state index contributed by atoms with van der Waals surface area (Å²) in [6.07, 6.45) is 3.42.